The van der Waals surface area contributed by atoms with Crippen LogP contribution >= 0.6 is 11.6 Å². The molecular weight excluding hydrogens is 338 g/mol. The number of carbonyl (C=O) groups is 2. The third kappa shape index (κ3) is 5.59. The molecule has 0 atom stereocenters. The van der Waals surface area contributed by atoms with Crippen LogP contribution in [0.1, 0.15) is 29.3 Å². The molecule has 0 fully saturated rings. The highest BCUT2D eigenvalue weighted by Crippen LogP contribution is 2.23. The number of amides is 2. The van der Waals surface area contributed by atoms with E-state index in [4.69, 9.17) is 17.3 Å². The Morgan fingerprint density at radius 1 is 1.16 bits per heavy atom. The fourth-order valence-electron chi connectivity index (χ4n) is 2.48. The second-order valence-corrected chi connectivity index (χ2v) is 6.13. The minimum absolute atomic E-state index is 0.0740. The Bertz CT molecular complexity index is 735. The molecule has 132 valence electrons. The Labute approximate surface area is 152 Å². The normalized spacial score (nSPS) is 10.4. The Hall–Kier alpha value is -2.37. The molecule has 2 rings (SSSR count). The first-order valence-corrected chi connectivity index (χ1v) is 8.49. The number of halogens is 1. The van der Waals surface area contributed by atoms with Crippen molar-refractivity contribution in [2.45, 2.75) is 19.9 Å². The molecule has 0 bridgehead atoms. The highest BCUT2D eigenvalue weighted by molar-refractivity contribution is 6.31. The molecule has 0 aliphatic rings. The Balaban J connectivity index is 2.24. The van der Waals surface area contributed by atoms with Gasteiger partial charge in [0.15, 0.2) is 0 Å². The van der Waals surface area contributed by atoms with Crippen LogP contribution in [-0.4, -0.2) is 29.8 Å². The zero-order chi connectivity index (χ0) is 18.2. The summed E-state index contributed by atoms with van der Waals surface area (Å²) in [4.78, 5) is 25.8. The molecular formula is C19H22ClN3O2. The number of hydrogen-bond donors (Lipinski definition) is 2. The Morgan fingerprint density at radius 3 is 2.52 bits per heavy atom. The molecule has 0 aliphatic carbocycles. The molecule has 2 aromatic carbocycles. The summed E-state index contributed by atoms with van der Waals surface area (Å²) in [6.45, 7) is 2.82. The lowest BCUT2D eigenvalue weighted by atomic mass is 10.1. The van der Waals surface area contributed by atoms with Crippen LogP contribution in [0.3, 0.4) is 0 Å². The van der Waals surface area contributed by atoms with E-state index in [-0.39, 0.29) is 11.8 Å². The van der Waals surface area contributed by atoms with Crippen molar-refractivity contribution in [3.63, 3.8) is 0 Å². The fourth-order valence-corrected chi connectivity index (χ4v) is 2.66. The highest BCUT2D eigenvalue weighted by atomic mass is 35.5. The van der Waals surface area contributed by atoms with Crippen molar-refractivity contribution in [1.29, 1.82) is 0 Å². The van der Waals surface area contributed by atoms with Crippen LogP contribution in [0.15, 0.2) is 48.5 Å². The van der Waals surface area contributed by atoms with Gasteiger partial charge in [-0.2, -0.15) is 0 Å². The van der Waals surface area contributed by atoms with E-state index in [0.717, 1.165) is 5.56 Å². The molecule has 3 N–H and O–H groups in total. The maximum Gasteiger partial charge on any atom is 0.254 e. The molecule has 0 unspecified atom stereocenters. The van der Waals surface area contributed by atoms with Gasteiger partial charge in [-0.1, -0.05) is 29.8 Å². The van der Waals surface area contributed by atoms with E-state index in [1.165, 1.54) is 6.92 Å². The van der Waals surface area contributed by atoms with Crippen molar-refractivity contribution in [3.8, 4) is 0 Å². The van der Waals surface area contributed by atoms with E-state index in [2.05, 4.69) is 5.32 Å². The number of anilines is 1. The van der Waals surface area contributed by atoms with Crippen LogP contribution in [0, 0.1) is 0 Å². The van der Waals surface area contributed by atoms with E-state index in [1.807, 2.05) is 18.2 Å². The lowest BCUT2D eigenvalue weighted by Gasteiger charge is -2.23. The average Bonchev–Trinajstić information content (AvgIpc) is 2.61. The van der Waals surface area contributed by atoms with Gasteiger partial charge >= 0.3 is 0 Å². The molecule has 0 aromatic heterocycles. The molecule has 25 heavy (non-hydrogen) atoms. The third-order valence-electron chi connectivity index (χ3n) is 3.67. The predicted octanol–water partition coefficient (Wildman–Crippen LogP) is 3.29. The number of nitrogens with two attached hydrogens (primary N) is 1. The van der Waals surface area contributed by atoms with Crippen LogP contribution in [0.2, 0.25) is 5.02 Å². The van der Waals surface area contributed by atoms with E-state index < -0.39 is 0 Å². The maximum absolute atomic E-state index is 12.8. The minimum Gasteiger partial charge on any atom is -0.334 e. The largest absolute Gasteiger partial charge is 0.334 e. The second-order valence-electron chi connectivity index (χ2n) is 5.72. The van der Waals surface area contributed by atoms with Crippen molar-refractivity contribution in [1.82, 2.24) is 4.90 Å². The van der Waals surface area contributed by atoms with E-state index in [0.29, 0.717) is 42.3 Å². The first-order valence-electron chi connectivity index (χ1n) is 8.11. The number of benzene rings is 2. The first-order chi connectivity index (χ1) is 12.0. The van der Waals surface area contributed by atoms with Crippen molar-refractivity contribution < 1.29 is 9.59 Å². The third-order valence-corrected chi connectivity index (χ3v) is 4.04. The molecule has 2 amide bonds. The number of nitrogens with zero attached hydrogens (tertiary/aromatic N) is 1. The van der Waals surface area contributed by atoms with E-state index >= 15 is 0 Å². The molecule has 6 heteroatoms. The molecule has 0 saturated carbocycles. The second kappa shape index (κ2) is 9.20. The van der Waals surface area contributed by atoms with Crippen molar-refractivity contribution in [2.24, 2.45) is 5.73 Å². The lowest BCUT2D eigenvalue weighted by Crippen LogP contribution is -2.32. The SMILES string of the molecule is CC(=O)Nc1ccc(Cl)c(CN(CCCN)C(=O)c2ccccc2)c1. The van der Waals surface area contributed by atoms with Gasteiger partial charge in [0.1, 0.15) is 0 Å². The fraction of sp³-hybridized carbons (Fsp3) is 0.263. The van der Waals surface area contributed by atoms with Gasteiger partial charge < -0.3 is 16.0 Å². The summed E-state index contributed by atoms with van der Waals surface area (Å²) in [5.41, 5.74) is 7.65. The standard InChI is InChI=1S/C19H22ClN3O2/c1-14(24)22-17-8-9-18(20)16(12-17)13-23(11-5-10-21)19(25)15-6-3-2-4-7-15/h2-4,6-9,12H,5,10-11,13,21H2,1H3,(H,22,24). The highest BCUT2D eigenvalue weighted by Gasteiger charge is 2.17. The van der Waals surface area contributed by atoms with Gasteiger partial charge in [-0.25, -0.2) is 0 Å². The van der Waals surface area contributed by atoms with Gasteiger partial charge in [-0.3, -0.25) is 9.59 Å². The Kier molecular flexibility index (Phi) is 6.98. The minimum atomic E-state index is -0.159. The summed E-state index contributed by atoms with van der Waals surface area (Å²) < 4.78 is 0. The zero-order valence-corrected chi connectivity index (χ0v) is 14.9. The van der Waals surface area contributed by atoms with Crippen LogP contribution in [0.25, 0.3) is 0 Å². The lowest BCUT2D eigenvalue weighted by molar-refractivity contribution is -0.114. The number of nitrogens with one attached hydrogen (secondary N) is 1. The van der Waals surface area contributed by atoms with Gasteiger partial charge in [0, 0.05) is 36.3 Å². The van der Waals surface area contributed by atoms with Crippen molar-refractivity contribution in [3.05, 3.63) is 64.7 Å². The molecule has 5 nitrogen and oxygen atoms in total. The monoisotopic (exact) mass is 359 g/mol. The quantitative estimate of drug-likeness (QED) is 0.796. The summed E-state index contributed by atoms with van der Waals surface area (Å²) in [5.74, 6) is -0.233. The van der Waals surface area contributed by atoms with Crippen LogP contribution in [0.5, 0.6) is 0 Å². The van der Waals surface area contributed by atoms with Gasteiger partial charge in [0.2, 0.25) is 5.91 Å². The molecule has 0 saturated heterocycles. The Morgan fingerprint density at radius 2 is 1.88 bits per heavy atom. The summed E-state index contributed by atoms with van der Waals surface area (Å²) in [5, 5.41) is 3.28. The van der Waals surface area contributed by atoms with Gasteiger partial charge in [-0.05, 0) is 48.9 Å². The van der Waals surface area contributed by atoms with E-state index in [9.17, 15) is 9.59 Å². The number of carbonyl (C=O) groups excluding carboxylic acids is 2. The number of rotatable bonds is 7. The van der Waals surface area contributed by atoms with Crippen molar-refractivity contribution >= 4 is 29.1 Å². The van der Waals surface area contributed by atoms with Crippen LogP contribution in [0.4, 0.5) is 5.69 Å². The predicted molar refractivity (Wildman–Crippen MR) is 101 cm³/mol. The van der Waals surface area contributed by atoms with Gasteiger partial charge in [0.25, 0.3) is 5.91 Å². The van der Waals surface area contributed by atoms with E-state index in [1.54, 1.807) is 35.2 Å². The first kappa shape index (κ1) is 19.0. The average molecular weight is 360 g/mol. The van der Waals surface area contributed by atoms with Gasteiger partial charge in [-0.15, -0.1) is 0 Å². The summed E-state index contributed by atoms with van der Waals surface area (Å²) in [7, 11) is 0. The summed E-state index contributed by atoms with van der Waals surface area (Å²) in [6.07, 6.45) is 0.696. The van der Waals surface area contributed by atoms with Gasteiger partial charge in [0.05, 0.1) is 0 Å². The van der Waals surface area contributed by atoms with Crippen LogP contribution < -0.4 is 11.1 Å². The molecule has 0 spiro atoms. The maximum atomic E-state index is 12.8. The molecule has 0 heterocycles. The summed E-state index contributed by atoms with van der Waals surface area (Å²) >= 11 is 6.29. The topological polar surface area (TPSA) is 75.4 Å². The molecule has 0 aliphatic heterocycles. The molecule has 2 aromatic rings. The number of hydrogen-bond acceptors (Lipinski definition) is 3. The smallest absolute Gasteiger partial charge is 0.254 e. The van der Waals surface area contributed by atoms with Crippen molar-refractivity contribution in [2.75, 3.05) is 18.4 Å². The molecule has 0 radical (unpaired) electrons. The summed E-state index contributed by atoms with van der Waals surface area (Å²) in [6, 6.07) is 14.3. The van der Waals surface area contributed by atoms with Crippen LogP contribution in [-0.2, 0) is 11.3 Å². The zero-order valence-electron chi connectivity index (χ0n) is 14.2.